The molecule has 0 saturated carbocycles. The molecule has 0 heterocycles. The summed E-state index contributed by atoms with van der Waals surface area (Å²) in [5, 5.41) is 0. The van der Waals surface area contributed by atoms with E-state index in [0.717, 1.165) is 0 Å². The Balaban J connectivity index is 5.23. The molecule has 28 heavy (non-hydrogen) atoms. The van der Waals surface area contributed by atoms with Crippen molar-refractivity contribution in [2.24, 2.45) is 0 Å². The Hall–Kier alpha value is -2.12. The molecule has 0 rings (SSSR count). The van der Waals surface area contributed by atoms with E-state index in [1.54, 1.807) is 0 Å². The second-order valence-electron chi connectivity index (χ2n) is 6.42. The van der Waals surface area contributed by atoms with Gasteiger partial charge in [-0.05, 0) is 25.7 Å². The van der Waals surface area contributed by atoms with Crippen molar-refractivity contribution in [3.63, 3.8) is 0 Å². The fraction of sp³-hybridized carbons (Fsp3) is 0.800. The highest BCUT2D eigenvalue weighted by Crippen LogP contribution is 2.12. The molecule has 0 radical (unpaired) electrons. The predicted octanol–water partition coefficient (Wildman–Crippen LogP) is 3.10. The smallest absolute Gasteiger partial charge is 0.306 e. The molecule has 0 saturated heterocycles. The van der Waals surface area contributed by atoms with Gasteiger partial charge in [0.05, 0.1) is 0 Å². The summed E-state index contributed by atoms with van der Waals surface area (Å²) < 4.78 is 21.0. The van der Waals surface area contributed by atoms with Gasteiger partial charge in [0.2, 0.25) is 0 Å². The first-order chi connectivity index (χ1) is 13.4. The molecule has 0 aliphatic heterocycles. The molecule has 0 aromatic carbocycles. The number of carbonyl (C=O) groups excluding carboxylic acids is 4. The van der Waals surface area contributed by atoms with Gasteiger partial charge in [0.15, 0.2) is 12.2 Å². The van der Waals surface area contributed by atoms with Gasteiger partial charge in [-0.2, -0.15) is 0 Å². The van der Waals surface area contributed by atoms with Crippen LogP contribution in [0.4, 0.5) is 0 Å². The first-order valence-electron chi connectivity index (χ1n) is 10.1. The Bertz CT molecular complexity index is 445. The van der Waals surface area contributed by atoms with E-state index in [9.17, 15) is 19.2 Å². The maximum absolute atomic E-state index is 12.0. The molecule has 8 nitrogen and oxygen atoms in total. The number of hydrogen-bond acceptors (Lipinski definition) is 8. The minimum absolute atomic E-state index is 0.171. The van der Waals surface area contributed by atoms with E-state index in [4.69, 9.17) is 18.9 Å². The molecule has 2 atom stereocenters. The van der Waals surface area contributed by atoms with Crippen LogP contribution in [0.2, 0.25) is 0 Å². The second kappa shape index (κ2) is 15.9. The maximum Gasteiger partial charge on any atom is 0.306 e. The zero-order valence-corrected chi connectivity index (χ0v) is 17.5. The van der Waals surface area contributed by atoms with Crippen LogP contribution in [0.5, 0.6) is 0 Å². The maximum atomic E-state index is 12.0. The van der Waals surface area contributed by atoms with Crippen molar-refractivity contribution in [2.75, 3.05) is 13.2 Å². The summed E-state index contributed by atoms with van der Waals surface area (Å²) in [4.78, 5) is 47.3. The Morgan fingerprint density at radius 1 is 0.536 bits per heavy atom. The molecular formula is C20H34O8. The van der Waals surface area contributed by atoms with Crippen LogP contribution >= 0.6 is 0 Å². The van der Waals surface area contributed by atoms with E-state index in [1.807, 2.05) is 27.7 Å². The number of hydrogen-bond donors (Lipinski definition) is 0. The molecule has 0 aliphatic rings. The molecule has 0 fully saturated rings. The predicted molar refractivity (Wildman–Crippen MR) is 101 cm³/mol. The van der Waals surface area contributed by atoms with Gasteiger partial charge in [0.25, 0.3) is 0 Å². The summed E-state index contributed by atoms with van der Waals surface area (Å²) in [6.45, 7) is 6.77. The lowest BCUT2D eigenvalue weighted by Crippen LogP contribution is -2.42. The van der Waals surface area contributed by atoms with Gasteiger partial charge >= 0.3 is 23.9 Å². The van der Waals surface area contributed by atoms with E-state index in [0.29, 0.717) is 25.7 Å². The lowest BCUT2D eigenvalue weighted by Gasteiger charge is -2.26. The minimum atomic E-state index is -1.05. The standard InChI is InChI=1S/C20H34O8/c1-5-9-17(21)25-13-15(27-19(23)11-7-3)16(28-20(24)12-8-4)14-26-18(22)10-6-2/h15-16H,5-14H2,1-4H3/t15-,16-/m0/s1. The number of ether oxygens (including phenoxy) is 4. The second-order valence-corrected chi connectivity index (χ2v) is 6.42. The Kier molecular flexibility index (Phi) is 14.7. The van der Waals surface area contributed by atoms with E-state index >= 15 is 0 Å². The van der Waals surface area contributed by atoms with Gasteiger partial charge in [-0.15, -0.1) is 0 Å². The molecule has 0 N–H and O–H groups in total. The lowest BCUT2D eigenvalue weighted by molar-refractivity contribution is -0.182. The van der Waals surface area contributed by atoms with Crippen LogP contribution in [0.15, 0.2) is 0 Å². The fourth-order valence-electron chi connectivity index (χ4n) is 2.20. The Morgan fingerprint density at radius 3 is 1.11 bits per heavy atom. The van der Waals surface area contributed by atoms with Gasteiger partial charge in [-0.1, -0.05) is 27.7 Å². The summed E-state index contributed by atoms with van der Waals surface area (Å²) >= 11 is 0. The van der Waals surface area contributed by atoms with Gasteiger partial charge in [0, 0.05) is 25.7 Å². The van der Waals surface area contributed by atoms with Crippen LogP contribution in [-0.2, 0) is 38.1 Å². The van der Waals surface area contributed by atoms with E-state index in [2.05, 4.69) is 0 Å². The summed E-state index contributed by atoms with van der Waals surface area (Å²) in [6, 6.07) is 0. The summed E-state index contributed by atoms with van der Waals surface area (Å²) in [5.41, 5.74) is 0. The first-order valence-corrected chi connectivity index (χ1v) is 10.1. The van der Waals surface area contributed by atoms with Crippen molar-refractivity contribution in [2.45, 2.75) is 91.3 Å². The van der Waals surface area contributed by atoms with Crippen LogP contribution in [0, 0.1) is 0 Å². The largest absolute Gasteiger partial charge is 0.462 e. The van der Waals surface area contributed by atoms with E-state index in [-0.39, 0.29) is 38.9 Å². The zero-order valence-electron chi connectivity index (χ0n) is 17.5. The molecule has 8 heteroatoms. The molecule has 0 aromatic heterocycles. The Labute approximate surface area is 167 Å². The Morgan fingerprint density at radius 2 is 0.821 bits per heavy atom. The van der Waals surface area contributed by atoms with Crippen molar-refractivity contribution in [3.8, 4) is 0 Å². The highest BCUT2D eigenvalue weighted by molar-refractivity contribution is 5.71. The molecule has 0 amide bonds. The molecule has 0 aromatic rings. The van der Waals surface area contributed by atoms with E-state index in [1.165, 1.54) is 0 Å². The normalized spacial score (nSPS) is 12.6. The zero-order chi connectivity index (χ0) is 21.4. The minimum Gasteiger partial charge on any atom is -0.462 e. The summed E-state index contributed by atoms with van der Waals surface area (Å²) in [7, 11) is 0. The number of carbonyl (C=O) groups is 4. The van der Waals surface area contributed by atoms with Crippen molar-refractivity contribution in [1.29, 1.82) is 0 Å². The third kappa shape index (κ3) is 12.3. The van der Waals surface area contributed by atoms with Crippen molar-refractivity contribution >= 4 is 23.9 Å². The molecule has 0 spiro atoms. The lowest BCUT2D eigenvalue weighted by atomic mass is 10.2. The van der Waals surface area contributed by atoms with Crippen molar-refractivity contribution in [3.05, 3.63) is 0 Å². The van der Waals surface area contributed by atoms with Crippen LogP contribution in [0.3, 0.4) is 0 Å². The molecule has 0 bridgehead atoms. The third-order valence-electron chi connectivity index (χ3n) is 3.61. The van der Waals surface area contributed by atoms with Crippen LogP contribution < -0.4 is 0 Å². The number of rotatable bonds is 15. The quantitative estimate of drug-likeness (QED) is 0.304. The average molecular weight is 402 g/mol. The third-order valence-corrected chi connectivity index (χ3v) is 3.61. The molecular weight excluding hydrogens is 368 g/mol. The van der Waals surface area contributed by atoms with Crippen LogP contribution in [0.25, 0.3) is 0 Å². The summed E-state index contributed by atoms with van der Waals surface area (Å²) in [6.07, 6.45) is 1.08. The van der Waals surface area contributed by atoms with E-state index < -0.39 is 36.1 Å². The number of esters is 4. The SMILES string of the molecule is CCCC(=O)OC[C@H](OC(=O)CCC)[C@H](COC(=O)CCC)OC(=O)CCC. The molecule has 0 unspecified atom stereocenters. The molecule has 0 aliphatic carbocycles. The van der Waals surface area contributed by atoms with Crippen molar-refractivity contribution < 1.29 is 38.1 Å². The topological polar surface area (TPSA) is 105 Å². The summed E-state index contributed by atoms with van der Waals surface area (Å²) in [5.74, 6) is -1.90. The van der Waals surface area contributed by atoms with Crippen LogP contribution in [-0.4, -0.2) is 49.3 Å². The van der Waals surface area contributed by atoms with Gasteiger partial charge < -0.3 is 18.9 Å². The highest BCUT2D eigenvalue weighted by Gasteiger charge is 2.31. The van der Waals surface area contributed by atoms with Gasteiger partial charge in [0.1, 0.15) is 13.2 Å². The van der Waals surface area contributed by atoms with Gasteiger partial charge in [-0.3, -0.25) is 19.2 Å². The average Bonchev–Trinajstić information content (AvgIpc) is 2.63. The van der Waals surface area contributed by atoms with Crippen LogP contribution in [0.1, 0.15) is 79.1 Å². The first kappa shape index (κ1) is 25.9. The molecule has 162 valence electrons. The monoisotopic (exact) mass is 402 g/mol. The van der Waals surface area contributed by atoms with Crippen molar-refractivity contribution in [1.82, 2.24) is 0 Å². The van der Waals surface area contributed by atoms with Gasteiger partial charge in [-0.25, -0.2) is 0 Å². The highest BCUT2D eigenvalue weighted by atomic mass is 16.6. The fourth-order valence-corrected chi connectivity index (χ4v) is 2.20.